The molecule has 1 N–H and O–H groups in total. The Balaban J connectivity index is 1.79. The van der Waals surface area contributed by atoms with Crippen molar-refractivity contribution in [3.05, 3.63) is 65.7 Å². The molecule has 0 atom stereocenters. The van der Waals surface area contributed by atoms with Crippen LogP contribution >= 0.6 is 11.6 Å². The average Bonchev–Trinajstić information content (AvgIpc) is 2.67. The molecule has 0 aliphatic carbocycles. The molecular formula is C20H20ClN3O3S. The minimum atomic E-state index is -3.75. The third kappa shape index (κ3) is 5.21. The van der Waals surface area contributed by atoms with E-state index in [9.17, 15) is 8.42 Å². The molecule has 0 spiro atoms. The van der Waals surface area contributed by atoms with Crippen LogP contribution in [0.3, 0.4) is 0 Å². The Morgan fingerprint density at radius 3 is 2.50 bits per heavy atom. The van der Waals surface area contributed by atoms with Gasteiger partial charge in [0.15, 0.2) is 0 Å². The minimum absolute atomic E-state index is 0.0943. The third-order valence-corrected chi connectivity index (χ3v) is 5.34. The second-order valence-electron chi connectivity index (χ2n) is 6.61. The quantitative estimate of drug-likeness (QED) is 0.606. The molecule has 3 aromatic rings. The Hall–Kier alpha value is -2.64. The van der Waals surface area contributed by atoms with E-state index in [2.05, 4.69) is 28.8 Å². The summed E-state index contributed by atoms with van der Waals surface area (Å²) in [6, 6.07) is 16.6. The van der Waals surface area contributed by atoms with Crippen LogP contribution in [0.15, 0.2) is 65.6 Å². The van der Waals surface area contributed by atoms with Crippen molar-refractivity contribution in [3.63, 3.8) is 0 Å². The third-order valence-electron chi connectivity index (χ3n) is 3.72. The SMILES string of the molecule is CC(C)COc1ccc(-c2cccc(NS(=O)(=O)c3cccc(Cl)c3)c2)nn1. The second-order valence-corrected chi connectivity index (χ2v) is 8.72. The van der Waals surface area contributed by atoms with Crippen molar-refractivity contribution >= 4 is 27.3 Å². The van der Waals surface area contributed by atoms with E-state index < -0.39 is 10.0 Å². The fourth-order valence-electron chi connectivity index (χ4n) is 2.39. The number of benzene rings is 2. The zero-order valence-electron chi connectivity index (χ0n) is 15.5. The van der Waals surface area contributed by atoms with Gasteiger partial charge in [0, 0.05) is 22.3 Å². The van der Waals surface area contributed by atoms with Gasteiger partial charge < -0.3 is 4.74 Å². The van der Waals surface area contributed by atoms with Crippen molar-refractivity contribution in [2.75, 3.05) is 11.3 Å². The zero-order chi connectivity index (χ0) is 20.1. The van der Waals surface area contributed by atoms with E-state index in [0.29, 0.717) is 34.8 Å². The van der Waals surface area contributed by atoms with Crippen LogP contribution in [0.5, 0.6) is 5.88 Å². The van der Waals surface area contributed by atoms with Crippen LogP contribution in [-0.4, -0.2) is 25.2 Å². The first-order valence-electron chi connectivity index (χ1n) is 8.69. The van der Waals surface area contributed by atoms with Crippen molar-refractivity contribution in [1.82, 2.24) is 10.2 Å². The van der Waals surface area contributed by atoms with Crippen molar-refractivity contribution < 1.29 is 13.2 Å². The Bertz CT molecular complexity index is 1050. The Morgan fingerprint density at radius 1 is 1.04 bits per heavy atom. The number of ether oxygens (including phenoxy) is 1. The first-order chi connectivity index (χ1) is 13.3. The number of hydrogen-bond donors (Lipinski definition) is 1. The van der Waals surface area contributed by atoms with Gasteiger partial charge in [0.2, 0.25) is 5.88 Å². The van der Waals surface area contributed by atoms with Gasteiger partial charge in [0.25, 0.3) is 10.0 Å². The molecule has 3 rings (SSSR count). The van der Waals surface area contributed by atoms with Gasteiger partial charge in [0.1, 0.15) is 0 Å². The van der Waals surface area contributed by atoms with Crippen LogP contribution in [0.4, 0.5) is 5.69 Å². The van der Waals surface area contributed by atoms with Crippen LogP contribution < -0.4 is 9.46 Å². The van der Waals surface area contributed by atoms with Crippen LogP contribution in [-0.2, 0) is 10.0 Å². The first kappa shape index (κ1) is 20.1. The number of nitrogens with one attached hydrogen (secondary N) is 1. The van der Waals surface area contributed by atoms with Crippen LogP contribution in [0.25, 0.3) is 11.3 Å². The number of sulfonamides is 1. The zero-order valence-corrected chi connectivity index (χ0v) is 17.0. The maximum atomic E-state index is 12.6. The summed E-state index contributed by atoms with van der Waals surface area (Å²) in [5.41, 5.74) is 1.76. The molecule has 0 radical (unpaired) electrons. The summed E-state index contributed by atoms with van der Waals surface area (Å²) in [5, 5.41) is 8.58. The predicted octanol–water partition coefficient (Wildman–Crippen LogP) is 4.63. The summed E-state index contributed by atoms with van der Waals surface area (Å²) in [6.45, 7) is 4.67. The van der Waals surface area contributed by atoms with Gasteiger partial charge >= 0.3 is 0 Å². The van der Waals surface area contributed by atoms with Crippen LogP contribution in [0, 0.1) is 5.92 Å². The lowest BCUT2D eigenvalue weighted by Gasteiger charge is -2.10. The highest BCUT2D eigenvalue weighted by Gasteiger charge is 2.15. The summed E-state index contributed by atoms with van der Waals surface area (Å²) in [4.78, 5) is 0.0943. The Labute approximate surface area is 169 Å². The predicted molar refractivity (Wildman–Crippen MR) is 110 cm³/mol. The number of rotatable bonds is 7. The van der Waals surface area contributed by atoms with E-state index in [0.717, 1.165) is 5.56 Å². The average molecular weight is 418 g/mol. The van der Waals surface area contributed by atoms with Crippen molar-refractivity contribution in [2.24, 2.45) is 5.92 Å². The van der Waals surface area contributed by atoms with E-state index in [1.54, 1.807) is 42.5 Å². The normalized spacial score (nSPS) is 11.4. The molecule has 2 aromatic carbocycles. The number of anilines is 1. The molecule has 0 unspecified atom stereocenters. The number of aromatic nitrogens is 2. The topological polar surface area (TPSA) is 81.2 Å². The number of nitrogens with zero attached hydrogens (tertiary/aromatic N) is 2. The van der Waals surface area contributed by atoms with E-state index >= 15 is 0 Å². The molecule has 0 saturated heterocycles. The monoisotopic (exact) mass is 417 g/mol. The van der Waals surface area contributed by atoms with Gasteiger partial charge in [-0.3, -0.25) is 4.72 Å². The summed E-state index contributed by atoms with van der Waals surface area (Å²) < 4.78 is 33.2. The van der Waals surface area contributed by atoms with Gasteiger partial charge in [-0.05, 0) is 42.3 Å². The Morgan fingerprint density at radius 2 is 1.82 bits per heavy atom. The minimum Gasteiger partial charge on any atom is -0.476 e. The molecule has 0 fully saturated rings. The fraction of sp³-hybridized carbons (Fsp3) is 0.200. The first-order valence-corrected chi connectivity index (χ1v) is 10.5. The summed E-state index contributed by atoms with van der Waals surface area (Å²) >= 11 is 5.89. The summed E-state index contributed by atoms with van der Waals surface area (Å²) in [6.07, 6.45) is 0. The van der Waals surface area contributed by atoms with Crippen molar-refractivity contribution in [3.8, 4) is 17.1 Å². The van der Waals surface area contributed by atoms with Gasteiger partial charge in [-0.2, -0.15) is 0 Å². The lowest BCUT2D eigenvalue weighted by molar-refractivity contribution is 0.258. The molecule has 6 nitrogen and oxygen atoms in total. The summed E-state index contributed by atoms with van der Waals surface area (Å²) in [5.74, 6) is 0.848. The van der Waals surface area contributed by atoms with Gasteiger partial charge in [0.05, 0.1) is 17.2 Å². The molecule has 1 heterocycles. The Kier molecular flexibility index (Phi) is 6.16. The molecule has 1 aromatic heterocycles. The van der Waals surface area contributed by atoms with E-state index in [-0.39, 0.29) is 4.90 Å². The molecule has 0 aliphatic heterocycles. The molecule has 0 amide bonds. The lowest BCUT2D eigenvalue weighted by atomic mass is 10.1. The highest BCUT2D eigenvalue weighted by atomic mass is 35.5. The van der Waals surface area contributed by atoms with Crippen LogP contribution in [0.1, 0.15) is 13.8 Å². The summed E-state index contributed by atoms with van der Waals surface area (Å²) in [7, 11) is -3.75. The molecule has 0 aliphatic rings. The number of halogens is 1. The van der Waals surface area contributed by atoms with E-state index in [1.165, 1.54) is 12.1 Å². The highest BCUT2D eigenvalue weighted by Crippen LogP contribution is 2.24. The van der Waals surface area contributed by atoms with Gasteiger partial charge in [-0.1, -0.05) is 43.6 Å². The molecule has 8 heteroatoms. The van der Waals surface area contributed by atoms with Gasteiger partial charge in [-0.25, -0.2) is 8.42 Å². The van der Waals surface area contributed by atoms with Crippen molar-refractivity contribution in [2.45, 2.75) is 18.7 Å². The number of hydrogen-bond acceptors (Lipinski definition) is 5. The second kappa shape index (κ2) is 8.58. The van der Waals surface area contributed by atoms with Crippen molar-refractivity contribution in [1.29, 1.82) is 0 Å². The maximum absolute atomic E-state index is 12.6. The lowest BCUT2D eigenvalue weighted by Crippen LogP contribution is -2.12. The van der Waals surface area contributed by atoms with E-state index in [4.69, 9.17) is 16.3 Å². The fourth-order valence-corrected chi connectivity index (χ4v) is 3.74. The molecular weight excluding hydrogens is 398 g/mol. The van der Waals surface area contributed by atoms with E-state index in [1.807, 2.05) is 6.07 Å². The largest absolute Gasteiger partial charge is 0.476 e. The van der Waals surface area contributed by atoms with Gasteiger partial charge in [-0.15, -0.1) is 10.2 Å². The molecule has 0 bridgehead atoms. The molecule has 0 saturated carbocycles. The van der Waals surface area contributed by atoms with Crippen LogP contribution in [0.2, 0.25) is 5.02 Å². The highest BCUT2D eigenvalue weighted by molar-refractivity contribution is 7.92. The molecule has 28 heavy (non-hydrogen) atoms. The smallest absolute Gasteiger partial charge is 0.261 e. The maximum Gasteiger partial charge on any atom is 0.261 e. The standard InChI is InChI=1S/C20H20ClN3O3S/c1-14(2)13-27-20-10-9-19(22-23-20)15-5-3-7-17(11-15)24-28(25,26)18-8-4-6-16(21)12-18/h3-12,14,24H,13H2,1-2H3. The molecule has 146 valence electrons.